The van der Waals surface area contributed by atoms with Gasteiger partial charge in [-0.1, -0.05) is 29.8 Å². The fraction of sp³-hybridized carbons (Fsp3) is 0.300. The first-order valence-corrected chi connectivity index (χ1v) is 12.1. The summed E-state index contributed by atoms with van der Waals surface area (Å²) < 4.78 is 17.4. The second kappa shape index (κ2) is 10.5. The average molecular weight is 502 g/mol. The third-order valence-corrected chi connectivity index (χ3v) is 6.71. The lowest BCUT2D eigenvalue weighted by Gasteiger charge is -2.20. The van der Waals surface area contributed by atoms with Gasteiger partial charge in [0, 0.05) is 12.5 Å². The Labute approximate surface area is 216 Å². The van der Waals surface area contributed by atoms with Crippen molar-refractivity contribution in [2.45, 2.75) is 46.6 Å². The second-order valence-corrected chi connectivity index (χ2v) is 9.37. The summed E-state index contributed by atoms with van der Waals surface area (Å²) in [5, 5.41) is 2.98. The van der Waals surface area contributed by atoms with E-state index in [9.17, 15) is 14.4 Å². The van der Waals surface area contributed by atoms with E-state index < -0.39 is 5.97 Å². The van der Waals surface area contributed by atoms with Gasteiger partial charge in [0.25, 0.3) is 0 Å². The van der Waals surface area contributed by atoms with Crippen LogP contribution in [-0.2, 0) is 11.2 Å². The minimum absolute atomic E-state index is 0.120. The van der Waals surface area contributed by atoms with Crippen LogP contribution in [0.1, 0.15) is 57.6 Å². The standard InChI is InChI=1S/C30H31NO6/c1-16-7-10-21(18(3)13-16)30(34)37-26-14-20-9-12-24(31-19(4)32)23-15-25(33)17(2)8-11-22(23)27(20)29(36-6)28(26)35-5/h7-8,10-11,13-15,24H,9,12H2,1-6H3,(H,31,32). The first kappa shape index (κ1) is 25.9. The Morgan fingerprint density at radius 3 is 2.30 bits per heavy atom. The Kier molecular flexibility index (Phi) is 7.34. The van der Waals surface area contributed by atoms with Gasteiger partial charge in [-0.2, -0.15) is 0 Å². The molecule has 0 saturated heterocycles. The predicted molar refractivity (Wildman–Crippen MR) is 142 cm³/mol. The third-order valence-electron chi connectivity index (χ3n) is 6.71. The smallest absolute Gasteiger partial charge is 0.343 e. The molecule has 0 bridgehead atoms. The van der Waals surface area contributed by atoms with E-state index in [2.05, 4.69) is 5.32 Å². The number of carbonyl (C=O) groups excluding carboxylic acids is 2. The highest BCUT2D eigenvalue weighted by Crippen LogP contribution is 2.50. The molecule has 3 aromatic rings. The van der Waals surface area contributed by atoms with Crippen molar-refractivity contribution in [2.24, 2.45) is 0 Å². The minimum atomic E-state index is -0.499. The Hall–Kier alpha value is -4.13. The van der Waals surface area contributed by atoms with Gasteiger partial charge in [0.1, 0.15) is 0 Å². The first-order chi connectivity index (χ1) is 17.6. The number of hydrogen-bond acceptors (Lipinski definition) is 6. The largest absolute Gasteiger partial charge is 0.492 e. The second-order valence-electron chi connectivity index (χ2n) is 9.37. The number of hydrogen-bond donors (Lipinski definition) is 1. The maximum absolute atomic E-state index is 13.1. The monoisotopic (exact) mass is 501 g/mol. The SMILES string of the molecule is COc1c(OC(=O)c2ccc(C)cc2C)cc2c(c1OC)-c1ccc(C)c(=O)cc1C(NC(C)=O)CC2. The summed E-state index contributed by atoms with van der Waals surface area (Å²) in [6.07, 6.45) is 1.09. The highest BCUT2D eigenvalue weighted by Gasteiger charge is 2.30. The fourth-order valence-electron chi connectivity index (χ4n) is 4.91. The van der Waals surface area contributed by atoms with Crippen LogP contribution in [0.25, 0.3) is 11.1 Å². The van der Waals surface area contributed by atoms with E-state index in [1.807, 2.05) is 32.0 Å². The van der Waals surface area contributed by atoms with Crippen molar-refractivity contribution in [3.8, 4) is 28.4 Å². The highest BCUT2D eigenvalue weighted by atomic mass is 16.6. The summed E-state index contributed by atoms with van der Waals surface area (Å²) in [6, 6.07) is 12.2. The van der Waals surface area contributed by atoms with E-state index >= 15 is 0 Å². The number of esters is 1. The third kappa shape index (κ3) is 5.07. The van der Waals surface area contributed by atoms with Crippen LogP contribution in [0.15, 0.2) is 47.3 Å². The zero-order chi connectivity index (χ0) is 26.9. The van der Waals surface area contributed by atoms with Crippen LogP contribution in [-0.4, -0.2) is 26.1 Å². The molecule has 0 spiro atoms. The number of rotatable bonds is 5. The van der Waals surface area contributed by atoms with Gasteiger partial charge in [-0.3, -0.25) is 9.59 Å². The fourth-order valence-corrected chi connectivity index (χ4v) is 4.91. The van der Waals surface area contributed by atoms with Crippen molar-refractivity contribution in [2.75, 3.05) is 14.2 Å². The Morgan fingerprint density at radius 2 is 1.65 bits per heavy atom. The molecule has 0 fully saturated rings. The maximum Gasteiger partial charge on any atom is 0.343 e. The molecule has 1 aliphatic rings. The molecule has 0 aromatic heterocycles. The Balaban J connectivity index is 1.92. The molecule has 3 aromatic carbocycles. The van der Waals surface area contributed by atoms with Gasteiger partial charge in [-0.05, 0) is 79.6 Å². The van der Waals surface area contributed by atoms with Crippen molar-refractivity contribution < 1.29 is 23.8 Å². The van der Waals surface area contributed by atoms with Crippen molar-refractivity contribution in [3.05, 3.63) is 86.1 Å². The molecule has 7 nitrogen and oxygen atoms in total. The quantitative estimate of drug-likeness (QED) is 0.391. The predicted octanol–water partition coefficient (Wildman–Crippen LogP) is 5.00. The van der Waals surface area contributed by atoms with Crippen LogP contribution >= 0.6 is 0 Å². The van der Waals surface area contributed by atoms with Gasteiger partial charge in [-0.15, -0.1) is 0 Å². The Morgan fingerprint density at radius 1 is 0.919 bits per heavy atom. The summed E-state index contributed by atoms with van der Waals surface area (Å²) in [5.74, 6) is 0.216. The molecule has 0 aliphatic heterocycles. The number of ether oxygens (including phenoxy) is 3. The molecule has 192 valence electrons. The molecule has 1 amide bonds. The van der Waals surface area contributed by atoms with Gasteiger partial charge in [0.05, 0.1) is 25.8 Å². The van der Waals surface area contributed by atoms with E-state index in [1.54, 1.807) is 31.2 Å². The number of benzene rings is 2. The van der Waals surface area contributed by atoms with Crippen LogP contribution < -0.4 is 25.0 Å². The van der Waals surface area contributed by atoms with Gasteiger partial charge in [0.15, 0.2) is 16.9 Å². The average Bonchev–Trinajstić information content (AvgIpc) is 3.07. The van der Waals surface area contributed by atoms with Gasteiger partial charge < -0.3 is 19.5 Å². The minimum Gasteiger partial charge on any atom is -0.492 e. The Bertz CT molecular complexity index is 1460. The molecule has 1 aliphatic carbocycles. The van der Waals surface area contributed by atoms with Crippen molar-refractivity contribution in [3.63, 3.8) is 0 Å². The lowest BCUT2D eigenvalue weighted by atomic mass is 9.95. The summed E-state index contributed by atoms with van der Waals surface area (Å²) in [5.41, 5.74) is 5.83. The molecular formula is C30H31NO6. The molecule has 1 N–H and O–H groups in total. The molecule has 7 heteroatoms. The molecule has 0 saturated carbocycles. The van der Waals surface area contributed by atoms with Crippen LogP contribution in [0.3, 0.4) is 0 Å². The molecule has 0 radical (unpaired) electrons. The number of aryl methyl sites for hydroxylation is 4. The number of fused-ring (bicyclic) bond motifs is 3. The summed E-state index contributed by atoms with van der Waals surface area (Å²) in [6.45, 7) is 7.04. The van der Waals surface area contributed by atoms with E-state index in [1.165, 1.54) is 21.1 Å². The van der Waals surface area contributed by atoms with Crippen LogP contribution in [0.4, 0.5) is 0 Å². The first-order valence-electron chi connectivity index (χ1n) is 12.1. The molecule has 4 rings (SSSR count). The lowest BCUT2D eigenvalue weighted by Crippen LogP contribution is -2.26. The van der Waals surface area contributed by atoms with Gasteiger partial charge >= 0.3 is 5.97 Å². The zero-order valence-electron chi connectivity index (χ0n) is 22.0. The number of methoxy groups -OCH3 is 2. The van der Waals surface area contributed by atoms with Crippen LogP contribution in [0.2, 0.25) is 0 Å². The molecule has 1 unspecified atom stereocenters. The highest BCUT2D eigenvalue weighted by molar-refractivity contribution is 5.94. The van der Waals surface area contributed by atoms with E-state index in [0.29, 0.717) is 35.3 Å². The maximum atomic E-state index is 13.1. The van der Waals surface area contributed by atoms with E-state index in [4.69, 9.17) is 14.2 Å². The lowest BCUT2D eigenvalue weighted by molar-refractivity contribution is -0.119. The van der Waals surface area contributed by atoms with Crippen molar-refractivity contribution in [1.82, 2.24) is 5.32 Å². The van der Waals surface area contributed by atoms with Gasteiger partial charge in [0.2, 0.25) is 11.7 Å². The van der Waals surface area contributed by atoms with E-state index in [0.717, 1.165) is 27.8 Å². The summed E-state index contributed by atoms with van der Waals surface area (Å²) in [7, 11) is 3.01. The van der Waals surface area contributed by atoms with Crippen LogP contribution in [0, 0.1) is 20.8 Å². The molecule has 0 heterocycles. The van der Waals surface area contributed by atoms with Gasteiger partial charge in [-0.25, -0.2) is 4.79 Å². The topological polar surface area (TPSA) is 90.9 Å². The van der Waals surface area contributed by atoms with E-state index in [-0.39, 0.29) is 28.9 Å². The van der Waals surface area contributed by atoms with Crippen molar-refractivity contribution >= 4 is 11.9 Å². The van der Waals surface area contributed by atoms with Crippen LogP contribution in [0.5, 0.6) is 17.2 Å². The molecule has 1 atom stereocenters. The number of amides is 1. The summed E-state index contributed by atoms with van der Waals surface area (Å²) >= 11 is 0. The summed E-state index contributed by atoms with van der Waals surface area (Å²) in [4.78, 5) is 37.9. The normalized spacial score (nSPS) is 14.1. The number of nitrogens with one attached hydrogen (secondary N) is 1. The zero-order valence-corrected chi connectivity index (χ0v) is 22.0. The molecule has 37 heavy (non-hydrogen) atoms. The number of carbonyl (C=O) groups is 2. The van der Waals surface area contributed by atoms with Crippen molar-refractivity contribution in [1.29, 1.82) is 0 Å². The molecular weight excluding hydrogens is 470 g/mol.